The average molecular weight is 871 g/mol. The maximum absolute atomic E-state index is 7.13. The first kappa shape index (κ1) is 43.8. The van der Waals surface area contributed by atoms with Crippen molar-refractivity contribution in [3.63, 3.8) is 0 Å². The number of thiocyanates is 1. The van der Waals surface area contributed by atoms with Gasteiger partial charge in [0.25, 0.3) is 0 Å². The zero-order chi connectivity index (χ0) is 38.0. The predicted octanol–water partition coefficient (Wildman–Crippen LogP) is 6.95. The third-order valence-corrected chi connectivity index (χ3v) is 12.9. The SMILES string of the molecule is COc1ccc(P(c2ccc(OC)cc2)c2ccc(OC)cc2)cc1.COc1ccc(P(c2ccc(OC)cc2)c2ccc(OC)cc2)cc1.N#C[S-].[Ag+]. The number of rotatable bonds is 12. The normalized spacial score (nSPS) is 9.91. The Labute approximate surface area is 342 Å². The van der Waals surface area contributed by atoms with Crippen LogP contribution in [0.1, 0.15) is 0 Å². The van der Waals surface area contributed by atoms with Gasteiger partial charge in [0.2, 0.25) is 0 Å². The van der Waals surface area contributed by atoms with Crippen molar-refractivity contribution in [2.75, 3.05) is 42.7 Å². The third-order valence-electron chi connectivity index (χ3n) is 7.98. The van der Waals surface area contributed by atoms with Crippen molar-refractivity contribution in [1.82, 2.24) is 0 Å². The van der Waals surface area contributed by atoms with E-state index >= 15 is 0 Å². The van der Waals surface area contributed by atoms with E-state index in [1.165, 1.54) is 37.2 Å². The van der Waals surface area contributed by atoms with E-state index in [9.17, 15) is 0 Å². The zero-order valence-corrected chi connectivity index (χ0v) is 34.9. The van der Waals surface area contributed by atoms with Crippen molar-refractivity contribution in [3.05, 3.63) is 146 Å². The largest absolute Gasteiger partial charge is 1.00 e. The first-order valence-corrected chi connectivity index (χ1v) is 19.5. The smallest absolute Gasteiger partial charge is 0.696 e. The first-order valence-electron chi connectivity index (χ1n) is 16.4. The number of methoxy groups -OCH3 is 6. The minimum Gasteiger partial charge on any atom is -0.696 e. The third kappa shape index (κ3) is 12.2. The molecule has 0 spiro atoms. The van der Waals surface area contributed by atoms with Crippen molar-refractivity contribution < 1.29 is 50.8 Å². The van der Waals surface area contributed by atoms with Gasteiger partial charge in [0.1, 0.15) is 34.5 Å². The number of hydrogen-bond acceptors (Lipinski definition) is 8. The number of nitriles is 1. The van der Waals surface area contributed by atoms with Gasteiger partial charge in [0, 0.05) is 0 Å². The Morgan fingerprint density at radius 3 is 0.537 bits per heavy atom. The van der Waals surface area contributed by atoms with E-state index in [1.54, 1.807) is 42.7 Å². The molecule has 0 saturated heterocycles. The van der Waals surface area contributed by atoms with E-state index in [2.05, 4.69) is 85.4 Å². The summed E-state index contributed by atoms with van der Waals surface area (Å²) in [6, 6.07) is 49.8. The van der Waals surface area contributed by atoms with Gasteiger partial charge in [-0.15, -0.1) is 0 Å². The van der Waals surface area contributed by atoms with Crippen molar-refractivity contribution >= 4 is 60.3 Å². The molecular formula is C43H42AgNO6P2S. The van der Waals surface area contributed by atoms with Crippen LogP contribution in [-0.4, -0.2) is 42.7 Å². The van der Waals surface area contributed by atoms with Crippen LogP contribution in [0.3, 0.4) is 0 Å². The van der Waals surface area contributed by atoms with E-state index in [0.29, 0.717) is 0 Å². The van der Waals surface area contributed by atoms with Crippen molar-refractivity contribution in [3.8, 4) is 39.9 Å². The van der Waals surface area contributed by atoms with E-state index in [-0.39, 0.29) is 22.4 Å². The monoisotopic (exact) mass is 869 g/mol. The Bertz CT molecular complexity index is 1620. The maximum Gasteiger partial charge on any atom is 1.00 e. The fourth-order valence-corrected chi connectivity index (χ4v) is 9.75. The summed E-state index contributed by atoms with van der Waals surface area (Å²) in [6.07, 6.45) is 0. The minimum atomic E-state index is -0.665. The van der Waals surface area contributed by atoms with Gasteiger partial charge in [-0.3, -0.25) is 0 Å². The van der Waals surface area contributed by atoms with E-state index in [1.807, 2.05) is 72.8 Å². The molecule has 0 heterocycles. The molecule has 0 radical (unpaired) electrons. The summed E-state index contributed by atoms with van der Waals surface area (Å²) in [4.78, 5) is 0. The second kappa shape index (κ2) is 23.3. The average Bonchev–Trinajstić information content (AvgIpc) is 3.23. The Kier molecular flexibility index (Phi) is 18.9. The Balaban J connectivity index is 0.000000266. The molecule has 0 bridgehead atoms. The molecule has 6 aromatic carbocycles. The molecule has 0 aromatic heterocycles. The van der Waals surface area contributed by atoms with Gasteiger partial charge in [0.05, 0.1) is 42.7 Å². The summed E-state index contributed by atoms with van der Waals surface area (Å²) in [5.74, 6) is 5.18. The summed E-state index contributed by atoms with van der Waals surface area (Å²) in [5, 5.41) is 16.1. The molecule has 0 atom stereocenters. The number of nitrogens with zero attached hydrogens (tertiary/aromatic N) is 1. The van der Waals surface area contributed by atoms with Gasteiger partial charge in [0.15, 0.2) is 0 Å². The topological polar surface area (TPSA) is 79.2 Å². The molecule has 0 amide bonds. The molecule has 0 aliphatic rings. The van der Waals surface area contributed by atoms with Gasteiger partial charge in [-0.1, -0.05) is 78.2 Å². The Hall–Kier alpha value is -4.57. The fourth-order valence-electron chi connectivity index (χ4n) is 5.28. The number of benzene rings is 6. The van der Waals surface area contributed by atoms with E-state index in [4.69, 9.17) is 33.7 Å². The molecule has 0 aliphatic carbocycles. The molecule has 0 N–H and O–H groups in total. The summed E-state index contributed by atoms with van der Waals surface area (Å²) in [6.45, 7) is 0. The van der Waals surface area contributed by atoms with Crippen molar-refractivity contribution in [1.29, 1.82) is 5.26 Å². The molecule has 6 rings (SSSR count). The van der Waals surface area contributed by atoms with Crippen LogP contribution in [0.5, 0.6) is 34.5 Å². The molecule has 0 aliphatic heterocycles. The minimum absolute atomic E-state index is 0. The van der Waals surface area contributed by atoms with Crippen LogP contribution in [0.25, 0.3) is 0 Å². The predicted molar refractivity (Wildman–Crippen MR) is 223 cm³/mol. The zero-order valence-electron chi connectivity index (χ0n) is 30.9. The van der Waals surface area contributed by atoms with Crippen LogP contribution in [0.2, 0.25) is 0 Å². The van der Waals surface area contributed by atoms with Crippen LogP contribution in [0.15, 0.2) is 146 Å². The second-order valence-corrected chi connectivity index (χ2v) is 15.6. The second-order valence-electron chi connectivity index (χ2n) is 11.0. The Morgan fingerprint density at radius 1 is 0.333 bits per heavy atom. The summed E-state index contributed by atoms with van der Waals surface area (Å²) in [5.41, 5.74) is 0. The molecule has 0 saturated carbocycles. The van der Waals surface area contributed by atoms with Crippen LogP contribution in [0.4, 0.5) is 0 Å². The van der Waals surface area contributed by atoms with Gasteiger partial charge in [-0.2, -0.15) is 0 Å². The van der Waals surface area contributed by atoms with Crippen LogP contribution in [0, 0.1) is 10.7 Å². The van der Waals surface area contributed by atoms with Gasteiger partial charge < -0.3 is 41.0 Å². The summed E-state index contributed by atoms with van der Waals surface area (Å²) < 4.78 is 31.8. The summed E-state index contributed by atoms with van der Waals surface area (Å²) in [7, 11) is 8.78. The van der Waals surface area contributed by atoms with Crippen molar-refractivity contribution in [2.45, 2.75) is 0 Å². The maximum atomic E-state index is 7.13. The molecule has 0 unspecified atom stereocenters. The molecule has 7 nitrogen and oxygen atoms in total. The molecule has 6 aromatic rings. The number of ether oxygens (including phenoxy) is 6. The van der Waals surface area contributed by atoms with Crippen LogP contribution >= 0.6 is 15.8 Å². The van der Waals surface area contributed by atoms with Gasteiger partial charge in [-0.25, -0.2) is 5.26 Å². The first-order chi connectivity index (χ1) is 25.9. The molecule has 282 valence electrons. The molecule has 0 fully saturated rings. The standard InChI is InChI=1S/2C21H21O3P.CHNS.Ag/c2*1-22-16-4-10-19(11-5-16)25(20-12-6-17(23-2)7-13-20)21-14-8-18(24-3)9-15-21;2-1-3;/h2*4-15H,1-3H3;3H;/q;;;+1/p-1. The van der Waals surface area contributed by atoms with Crippen LogP contribution < -0.4 is 60.2 Å². The van der Waals surface area contributed by atoms with E-state index < -0.39 is 15.8 Å². The quantitative estimate of drug-likeness (QED) is 0.0567. The molecule has 54 heavy (non-hydrogen) atoms. The summed E-state index contributed by atoms with van der Waals surface area (Å²) >= 11 is 3.70. The van der Waals surface area contributed by atoms with Crippen molar-refractivity contribution in [2.24, 2.45) is 0 Å². The van der Waals surface area contributed by atoms with Gasteiger partial charge >= 0.3 is 22.4 Å². The van der Waals surface area contributed by atoms with Gasteiger partial charge in [-0.05, 0) is 120 Å². The Morgan fingerprint density at radius 2 is 0.444 bits per heavy atom. The number of hydrogen-bond donors (Lipinski definition) is 0. The molecular weight excluding hydrogens is 828 g/mol. The fraction of sp³-hybridized carbons (Fsp3) is 0.140. The van der Waals surface area contributed by atoms with E-state index in [0.717, 1.165) is 34.5 Å². The van der Waals surface area contributed by atoms with Crippen LogP contribution in [-0.2, 0) is 35.0 Å². The molecule has 11 heteroatoms.